The molecule has 0 saturated carbocycles. The molecular formula is C26H30N2O5S. The number of pyridine rings is 1. The van der Waals surface area contributed by atoms with Crippen LogP contribution in [0.1, 0.15) is 31.9 Å². The molecule has 180 valence electrons. The lowest BCUT2D eigenvalue weighted by atomic mass is 10.1. The number of thioether (sulfide) groups is 1. The summed E-state index contributed by atoms with van der Waals surface area (Å²) in [5.41, 5.74) is 2.74. The van der Waals surface area contributed by atoms with Gasteiger partial charge in [-0.05, 0) is 55.8 Å². The Labute approximate surface area is 203 Å². The van der Waals surface area contributed by atoms with Crippen LogP contribution in [-0.4, -0.2) is 40.5 Å². The Morgan fingerprint density at radius 3 is 2.50 bits per heavy atom. The van der Waals surface area contributed by atoms with E-state index in [1.54, 1.807) is 17.8 Å². The molecule has 2 unspecified atom stereocenters. The molecule has 1 saturated heterocycles. The minimum absolute atomic E-state index is 0.00141. The molecule has 1 aromatic heterocycles. The number of fused-ring (bicyclic) bond motifs is 1. The normalized spacial score (nSPS) is 16.7. The zero-order chi connectivity index (χ0) is 24.7. The Morgan fingerprint density at radius 1 is 1.09 bits per heavy atom. The number of ether oxygens (including phenoxy) is 2. The highest BCUT2D eigenvalue weighted by Gasteiger charge is 2.40. The van der Waals surface area contributed by atoms with Crippen molar-refractivity contribution in [3.05, 3.63) is 82.1 Å². The number of hydrogen-bond acceptors (Lipinski definition) is 6. The molecule has 1 aliphatic heterocycles. The lowest BCUT2D eigenvalue weighted by Gasteiger charge is -2.19. The monoisotopic (exact) mass is 482 g/mol. The van der Waals surface area contributed by atoms with Crippen LogP contribution in [0.3, 0.4) is 0 Å². The molecule has 34 heavy (non-hydrogen) atoms. The number of hydrogen-bond donors (Lipinski definition) is 1. The lowest BCUT2D eigenvalue weighted by Crippen LogP contribution is -2.34. The molecule has 2 heterocycles. The summed E-state index contributed by atoms with van der Waals surface area (Å²) in [7, 11) is 1.31. The quantitative estimate of drug-likeness (QED) is 0.415. The number of alkyl carbamates (subject to hydrolysis) is 1. The summed E-state index contributed by atoms with van der Waals surface area (Å²) in [5.74, 6) is 0. The number of nitrogens with zero attached hydrogens (tertiary/aromatic N) is 1. The number of methoxy groups -OCH3 is 1. The van der Waals surface area contributed by atoms with Crippen LogP contribution in [0.2, 0.25) is 0 Å². The van der Waals surface area contributed by atoms with Crippen LogP contribution in [0.25, 0.3) is 10.9 Å². The van der Waals surface area contributed by atoms with Gasteiger partial charge in [0.25, 0.3) is 12.0 Å². The molecule has 1 N–H and O–H groups in total. The molecule has 1 aliphatic rings. The van der Waals surface area contributed by atoms with Crippen molar-refractivity contribution >= 4 is 35.2 Å². The van der Waals surface area contributed by atoms with Crippen LogP contribution in [-0.2, 0) is 27.2 Å². The van der Waals surface area contributed by atoms with Crippen LogP contribution in [0.5, 0.6) is 0 Å². The molecule has 1 amide bonds. The van der Waals surface area contributed by atoms with E-state index in [1.807, 2.05) is 67.8 Å². The first-order chi connectivity index (χ1) is 16.2. The highest BCUT2D eigenvalue weighted by molar-refractivity contribution is 8.07. The van der Waals surface area contributed by atoms with Crippen LogP contribution in [0.15, 0.2) is 65.5 Å². The van der Waals surface area contributed by atoms with Gasteiger partial charge >= 0.3 is 6.09 Å². The Morgan fingerprint density at radius 2 is 1.79 bits per heavy atom. The minimum atomic E-state index is -0.493. The highest BCUT2D eigenvalue weighted by atomic mass is 32.2. The molecule has 3 aromatic rings. The molecule has 7 nitrogen and oxygen atoms in total. The third-order valence-electron chi connectivity index (χ3n) is 5.01. The topological polar surface area (TPSA) is 86.6 Å². The van der Waals surface area contributed by atoms with Gasteiger partial charge in [-0.3, -0.25) is 9.59 Å². The largest absolute Gasteiger partial charge is 0.471 e. The zero-order valence-corrected chi connectivity index (χ0v) is 20.6. The van der Waals surface area contributed by atoms with Gasteiger partial charge in [-0.2, -0.15) is 0 Å². The van der Waals surface area contributed by atoms with Crippen molar-refractivity contribution in [2.45, 2.75) is 50.0 Å². The molecule has 0 aliphatic carbocycles. The summed E-state index contributed by atoms with van der Waals surface area (Å²) < 4.78 is 11.0. The molecule has 2 atom stereocenters. The van der Waals surface area contributed by atoms with E-state index >= 15 is 0 Å². The highest BCUT2D eigenvalue weighted by Crippen LogP contribution is 2.41. The van der Waals surface area contributed by atoms with Crippen molar-refractivity contribution in [3.63, 3.8) is 0 Å². The van der Waals surface area contributed by atoms with Gasteiger partial charge in [-0.25, -0.2) is 4.79 Å². The summed E-state index contributed by atoms with van der Waals surface area (Å²) >= 11 is 1.73. The summed E-state index contributed by atoms with van der Waals surface area (Å²) in [6, 6.07) is 19.8. The van der Waals surface area contributed by atoms with Crippen LogP contribution in [0.4, 0.5) is 4.79 Å². The maximum Gasteiger partial charge on any atom is 0.408 e. The van der Waals surface area contributed by atoms with E-state index in [1.165, 1.54) is 12.7 Å². The maximum atomic E-state index is 12.5. The smallest absolute Gasteiger partial charge is 0.408 e. The standard InChI is InChI=1S/C24H26N2O3S.C2H4O2/c1-24(2,3)29-23(28)25-22-20(30-22)14-16-7-6-8-17(13-16)15-26-19-10-5-4-9-18(19)11-12-21(26)27;1-4-2-3/h4-13,20,22H,14-15H2,1-3H3,(H,25,28);2H,1H3. The van der Waals surface area contributed by atoms with Gasteiger partial charge in [0.05, 0.1) is 24.5 Å². The van der Waals surface area contributed by atoms with Crippen molar-refractivity contribution in [1.82, 2.24) is 9.88 Å². The number of aromatic nitrogens is 1. The van der Waals surface area contributed by atoms with Crippen molar-refractivity contribution in [1.29, 1.82) is 0 Å². The predicted octanol–water partition coefficient (Wildman–Crippen LogP) is 4.35. The number of carbonyl (C=O) groups is 2. The van der Waals surface area contributed by atoms with Crippen LogP contribution in [0, 0.1) is 0 Å². The predicted molar refractivity (Wildman–Crippen MR) is 135 cm³/mol. The number of para-hydroxylation sites is 1. The van der Waals surface area contributed by atoms with Gasteiger partial charge < -0.3 is 19.4 Å². The first-order valence-corrected chi connectivity index (χ1v) is 11.9. The Balaban J connectivity index is 0.000000751. The lowest BCUT2D eigenvalue weighted by molar-refractivity contribution is -0.126. The Bertz CT molecular complexity index is 1200. The van der Waals surface area contributed by atoms with Crippen molar-refractivity contribution < 1.29 is 19.1 Å². The fourth-order valence-electron chi connectivity index (χ4n) is 3.53. The van der Waals surface area contributed by atoms with E-state index in [0.29, 0.717) is 18.3 Å². The van der Waals surface area contributed by atoms with Crippen molar-refractivity contribution in [3.8, 4) is 0 Å². The van der Waals surface area contributed by atoms with Crippen LogP contribution >= 0.6 is 11.8 Å². The molecule has 2 aromatic carbocycles. The fourth-order valence-corrected chi connectivity index (χ4v) is 4.43. The molecule has 1 fully saturated rings. The minimum Gasteiger partial charge on any atom is -0.471 e. The molecule has 0 spiro atoms. The zero-order valence-electron chi connectivity index (χ0n) is 19.8. The number of amides is 1. The second-order valence-corrected chi connectivity index (χ2v) is 10.3. The number of carbonyl (C=O) groups excluding carboxylic acids is 2. The van der Waals surface area contributed by atoms with Gasteiger partial charge in [0, 0.05) is 11.3 Å². The van der Waals surface area contributed by atoms with E-state index in [9.17, 15) is 9.59 Å². The van der Waals surface area contributed by atoms with Gasteiger partial charge in [-0.1, -0.05) is 42.5 Å². The Hall–Kier alpha value is -3.26. The van der Waals surface area contributed by atoms with Gasteiger partial charge in [0.15, 0.2) is 0 Å². The molecular weight excluding hydrogens is 452 g/mol. The number of rotatable bonds is 6. The summed E-state index contributed by atoms with van der Waals surface area (Å²) in [6.07, 6.45) is 0.496. The maximum absolute atomic E-state index is 12.5. The third kappa shape index (κ3) is 7.38. The first kappa shape index (κ1) is 25.4. The Kier molecular flexibility index (Phi) is 8.39. The third-order valence-corrected chi connectivity index (χ3v) is 6.22. The van der Waals surface area contributed by atoms with E-state index in [2.05, 4.69) is 22.2 Å². The average molecular weight is 483 g/mol. The molecule has 0 bridgehead atoms. The van der Waals surface area contributed by atoms with Gasteiger partial charge in [0.2, 0.25) is 0 Å². The number of benzene rings is 2. The fraction of sp³-hybridized carbons (Fsp3) is 0.346. The van der Waals surface area contributed by atoms with E-state index in [4.69, 9.17) is 9.53 Å². The molecule has 4 rings (SSSR count). The summed E-state index contributed by atoms with van der Waals surface area (Å²) in [6.45, 7) is 6.48. The summed E-state index contributed by atoms with van der Waals surface area (Å²) in [5, 5.41) is 4.40. The van der Waals surface area contributed by atoms with Crippen molar-refractivity contribution in [2.24, 2.45) is 0 Å². The second kappa shape index (κ2) is 11.2. The van der Waals surface area contributed by atoms with Crippen molar-refractivity contribution in [2.75, 3.05) is 7.11 Å². The molecule has 0 radical (unpaired) electrons. The van der Waals surface area contributed by atoms with Gasteiger partial charge in [0.1, 0.15) is 5.60 Å². The van der Waals surface area contributed by atoms with E-state index < -0.39 is 5.60 Å². The first-order valence-electron chi connectivity index (χ1n) is 11.0. The van der Waals surface area contributed by atoms with Gasteiger partial charge in [-0.15, -0.1) is 11.8 Å². The van der Waals surface area contributed by atoms with E-state index in [0.717, 1.165) is 22.9 Å². The van der Waals surface area contributed by atoms with Crippen LogP contribution < -0.4 is 10.9 Å². The summed E-state index contributed by atoms with van der Waals surface area (Å²) in [4.78, 5) is 33.3. The SMILES string of the molecule is CC(C)(C)OC(=O)NC1SC1Cc1cccc(Cn2c(=O)ccc3ccccc32)c1.COC=O. The average Bonchev–Trinajstić information content (AvgIpc) is 3.51. The van der Waals surface area contributed by atoms with E-state index in [-0.39, 0.29) is 17.0 Å². The number of nitrogens with one attached hydrogen (secondary N) is 1. The molecule has 8 heteroatoms. The second-order valence-electron chi connectivity index (χ2n) is 8.91.